The summed E-state index contributed by atoms with van der Waals surface area (Å²) in [6, 6.07) is 0.463. The van der Waals surface area contributed by atoms with Crippen LogP contribution in [-0.4, -0.2) is 23.3 Å². The van der Waals surface area contributed by atoms with E-state index in [9.17, 15) is 5.11 Å². The third-order valence-electron chi connectivity index (χ3n) is 3.46. The zero-order valence-corrected chi connectivity index (χ0v) is 10.6. The first-order valence-electron chi connectivity index (χ1n) is 5.77. The molecule has 0 aromatic carbocycles. The number of aliphatic hydroxyl groups is 1. The first-order chi connectivity index (χ1) is 6.31. The molecule has 0 aromatic heterocycles. The van der Waals surface area contributed by atoms with Gasteiger partial charge in [0.05, 0.1) is 5.60 Å². The quantitative estimate of drug-likeness (QED) is 0.691. The first kappa shape index (κ1) is 13.9. The van der Waals surface area contributed by atoms with Crippen molar-refractivity contribution < 1.29 is 5.11 Å². The van der Waals surface area contributed by atoms with E-state index < -0.39 is 5.60 Å². The summed E-state index contributed by atoms with van der Waals surface area (Å²) in [4.78, 5) is 0. The molecule has 0 saturated heterocycles. The summed E-state index contributed by atoms with van der Waals surface area (Å²) in [5.41, 5.74) is -0.585. The van der Waals surface area contributed by atoms with Gasteiger partial charge >= 0.3 is 0 Å². The third kappa shape index (κ3) is 4.43. The Labute approximate surface area is 89.1 Å². The van der Waals surface area contributed by atoms with Gasteiger partial charge in [0.15, 0.2) is 0 Å². The maximum atomic E-state index is 10.2. The molecular formula is C12H27NO. The molecule has 86 valence electrons. The second kappa shape index (κ2) is 5.72. The molecule has 0 bridgehead atoms. The van der Waals surface area contributed by atoms with Gasteiger partial charge in [-0.15, -0.1) is 0 Å². The van der Waals surface area contributed by atoms with Gasteiger partial charge < -0.3 is 10.4 Å². The van der Waals surface area contributed by atoms with E-state index in [2.05, 4.69) is 39.9 Å². The highest BCUT2D eigenvalue weighted by atomic mass is 16.3. The number of rotatable bonds is 6. The largest absolute Gasteiger partial charge is 0.389 e. The van der Waals surface area contributed by atoms with Crippen LogP contribution in [0.15, 0.2) is 0 Å². The monoisotopic (exact) mass is 201 g/mol. The van der Waals surface area contributed by atoms with E-state index >= 15 is 0 Å². The molecule has 0 heterocycles. The predicted octanol–water partition coefficient (Wildman–Crippen LogP) is 2.42. The molecule has 3 atom stereocenters. The fraction of sp³-hybridized carbons (Fsp3) is 1.00. The first-order valence-corrected chi connectivity index (χ1v) is 5.77. The molecule has 0 fully saturated rings. The Morgan fingerprint density at radius 1 is 1.21 bits per heavy atom. The van der Waals surface area contributed by atoms with Crippen molar-refractivity contribution in [2.24, 2.45) is 11.8 Å². The molecule has 0 rings (SSSR count). The van der Waals surface area contributed by atoms with E-state index in [1.165, 1.54) is 0 Å². The van der Waals surface area contributed by atoms with Crippen molar-refractivity contribution in [3.63, 3.8) is 0 Å². The van der Waals surface area contributed by atoms with Gasteiger partial charge in [-0.1, -0.05) is 34.1 Å². The Kier molecular flexibility index (Phi) is 5.68. The zero-order valence-electron chi connectivity index (χ0n) is 10.6. The van der Waals surface area contributed by atoms with Crippen LogP contribution < -0.4 is 5.32 Å². The van der Waals surface area contributed by atoms with Crippen LogP contribution in [0.2, 0.25) is 0 Å². The highest BCUT2D eigenvalue weighted by Crippen LogP contribution is 2.19. The molecule has 0 aliphatic heterocycles. The van der Waals surface area contributed by atoms with Gasteiger partial charge in [0.1, 0.15) is 0 Å². The predicted molar refractivity (Wildman–Crippen MR) is 62.4 cm³/mol. The minimum atomic E-state index is -0.585. The highest BCUT2D eigenvalue weighted by Gasteiger charge is 2.27. The average Bonchev–Trinajstić information content (AvgIpc) is 2.12. The summed E-state index contributed by atoms with van der Waals surface area (Å²) in [6.07, 6.45) is 1.02. The van der Waals surface area contributed by atoms with Crippen LogP contribution in [0.25, 0.3) is 0 Å². The second-order valence-electron chi connectivity index (χ2n) is 5.08. The van der Waals surface area contributed by atoms with Crippen molar-refractivity contribution >= 4 is 0 Å². The van der Waals surface area contributed by atoms with Crippen LogP contribution in [0.1, 0.15) is 48.0 Å². The molecule has 3 unspecified atom stereocenters. The molecule has 14 heavy (non-hydrogen) atoms. The minimum absolute atomic E-state index is 0.342. The maximum Gasteiger partial charge on any atom is 0.0768 e. The minimum Gasteiger partial charge on any atom is -0.389 e. The Balaban J connectivity index is 3.98. The van der Waals surface area contributed by atoms with E-state index in [1.54, 1.807) is 0 Å². The van der Waals surface area contributed by atoms with Crippen LogP contribution in [0.3, 0.4) is 0 Å². The smallest absolute Gasteiger partial charge is 0.0768 e. The Hall–Kier alpha value is -0.0800. The number of hydrogen-bond acceptors (Lipinski definition) is 2. The van der Waals surface area contributed by atoms with Crippen molar-refractivity contribution in [3.05, 3.63) is 0 Å². The summed E-state index contributed by atoms with van der Waals surface area (Å²) in [5.74, 6) is 0.956. The molecule has 2 N–H and O–H groups in total. The summed E-state index contributed by atoms with van der Waals surface area (Å²) < 4.78 is 0. The van der Waals surface area contributed by atoms with Crippen molar-refractivity contribution in [3.8, 4) is 0 Å². The topological polar surface area (TPSA) is 32.3 Å². The Morgan fingerprint density at radius 2 is 1.71 bits per heavy atom. The molecule has 0 spiro atoms. The third-order valence-corrected chi connectivity index (χ3v) is 3.46. The van der Waals surface area contributed by atoms with Crippen LogP contribution in [0.4, 0.5) is 0 Å². The van der Waals surface area contributed by atoms with Crippen molar-refractivity contribution in [2.45, 2.75) is 59.6 Å². The lowest BCUT2D eigenvalue weighted by Crippen LogP contribution is -2.46. The van der Waals surface area contributed by atoms with Crippen molar-refractivity contribution in [1.29, 1.82) is 0 Å². The fourth-order valence-electron chi connectivity index (χ4n) is 1.22. The van der Waals surface area contributed by atoms with Gasteiger partial charge in [-0.05, 0) is 25.7 Å². The van der Waals surface area contributed by atoms with Gasteiger partial charge in [-0.3, -0.25) is 0 Å². The summed E-state index contributed by atoms with van der Waals surface area (Å²) >= 11 is 0. The second-order valence-corrected chi connectivity index (χ2v) is 5.08. The van der Waals surface area contributed by atoms with Crippen LogP contribution in [0.5, 0.6) is 0 Å². The van der Waals surface area contributed by atoms with E-state index in [1.807, 2.05) is 6.92 Å². The molecule has 0 amide bonds. The normalized spacial score (nSPS) is 20.6. The van der Waals surface area contributed by atoms with Gasteiger partial charge in [-0.25, -0.2) is 0 Å². The standard InChI is InChI=1S/C12H27NO/c1-7-10(4)12(6,14)8-13-11(5)9(2)3/h9-11,13-14H,7-8H2,1-6H3. The lowest BCUT2D eigenvalue weighted by Gasteiger charge is -2.32. The Morgan fingerprint density at radius 3 is 2.07 bits per heavy atom. The van der Waals surface area contributed by atoms with Crippen LogP contribution in [0, 0.1) is 11.8 Å². The van der Waals surface area contributed by atoms with Gasteiger partial charge in [0, 0.05) is 12.6 Å². The lowest BCUT2D eigenvalue weighted by molar-refractivity contribution is 0.00262. The van der Waals surface area contributed by atoms with Crippen LogP contribution >= 0.6 is 0 Å². The summed E-state index contributed by atoms with van der Waals surface area (Å²) in [7, 11) is 0. The van der Waals surface area contributed by atoms with Crippen molar-refractivity contribution in [2.75, 3.05) is 6.54 Å². The van der Waals surface area contributed by atoms with E-state index in [-0.39, 0.29) is 0 Å². The summed E-state index contributed by atoms with van der Waals surface area (Å²) in [6.45, 7) is 13.4. The Bertz CT molecular complexity index is 154. The molecule has 0 aromatic rings. The zero-order chi connectivity index (χ0) is 11.4. The molecule has 0 aliphatic carbocycles. The molecule has 2 nitrogen and oxygen atoms in total. The van der Waals surface area contributed by atoms with Crippen LogP contribution in [-0.2, 0) is 0 Å². The summed E-state index contributed by atoms with van der Waals surface area (Å²) in [5, 5.41) is 13.5. The molecular weight excluding hydrogens is 174 g/mol. The SMILES string of the molecule is CCC(C)C(C)(O)CNC(C)C(C)C. The fourth-order valence-corrected chi connectivity index (χ4v) is 1.22. The van der Waals surface area contributed by atoms with Gasteiger partial charge in [0.25, 0.3) is 0 Å². The maximum absolute atomic E-state index is 10.2. The molecule has 2 heteroatoms. The van der Waals surface area contributed by atoms with Gasteiger partial charge in [0.2, 0.25) is 0 Å². The lowest BCUT2D eigenvalue weighted by atomic mass is 9.88. The van der Waals surface area contributed by atoms with E-state index in [0.29, 0.717) is 24.4 Å². The molecule has 0 saturated carbocycles. The molecule has 0 aliphatic rings. The van der Waals surface area contributed by atoms with Crippen molar-refractivity contribution in [1.82, 2.24) is 5.32 Å². The van der Waals surface area contributed by atoms with E-state index in [0.717, 1.165) is 6.42 Å². The average molecular weight is 201 g/mol. The number of nitrogens with one attached hydrogen (secondary N) is 1. The number of hydrogen-bond donors (Lipinski definition) is 2. The van der Waals surface area contributed by atoms with Gasteiger partial charge in [-0.2, -0.15) is 0 Å². The highest BCUT2D eigenvalue weighted by molar-refractivity contribution is 4.82. The van der Waals surface area contributed by atoms with E-state index in [4.69, 9.17) is 0 Å². The molecule has 0 radical (unpaired) electrons.